The van der Waals surface area contributed by atoms with E-state index in [9.17, 15) is 0 Å². The number of rotatable bonds is 1. The Hall–Kier alpha value is -1.87. The first-order valence-corrected chi connectivity index (χ1v) is 5.64. The molecule has 3 rings (SSSR count). The predicted molar refractivity (Wildman–Crippen MR) is 64.6 cm³/mol. The van der Waals surface area contributed by atoms with Crippen molar-refractivity contribution in [3.63, 3.8) is 0 Å². The van der Waals surface area contributed by atoms with E-state index in [1.54, 1.807) is 6.20 Å². The first kappa shape index (κ1) is 10.3. The molecule has 0 aliphatic carbocycles. The highest BCUT2D eigenvalue weighted by molar-refractivity contribution is 5.64. The summed E-state index contributed by atoms with van der Waals surface area (Å²) in [5.41, 5.74) is 3.33. The van der Waals surface area contributed by atoms with Crippen molar-refractivity contribution in [2.45, 2.75) is 19.8 Å². The number of pyridine rings is 1. The third-order valence-corrected chi connectivity index (χ3v) is 2.82. The monoisotopic (exact) mass is 227 g/mol. The van der Waals surface area contributed by atoms with E-state index >= 15 is 0 Å². The summed E-state index contributed by atoms with van der Waals surface area (Å²) in [4.78, 5) is 4.12. The summed E-state index contributed by atoms with van der Waals surface area (Å²) in [5, 5.41) is 0. The first-order valence-electron chi connectivity index (χ1n) is 5.64. The minimum atomic E-state index is -0.160. The van der Waals surface area contributed by atoms with Gasteiger partial charge in [0.1, 0.15) is 5.75 Å². The van der Waals surface area contributed by atoms with E-state index in [-0.39, 0.29) is 6.29 Å². The topological polar surface area (TPSA) is 31.4 Å². The van der Waals surface area contributed by atoms with Gasteiger partial charge in [0.15, 0.2) is 6.29 Å². The van der Waals surface area contributed by atoms with Gasteiger partial charge in [-0.15, -0.1) is 0 Å². The molecule has 0 fully saturated rings. The van der Waals surface area contributed by atoms with E-state index in [2.05, 4.69) is 11.1 Å². The van der Waals surface area contributed by atoms with Crippen molar-refractivity contribution >= 4 is 0 Å². The molecule has 1 aromatic heterocycles. The van der Waals surface area contributed by atoms with Gasteiger partial charge >= 0.3 is 0 Å². The number of fused-ring (bicyclic) bond motifs is 1. The Labute approximate surface area is 100 Å². The van der Waals surface area contributed by atoms with Crippen LogP contribution in [0.25, 0.3) is 11.1 Å². The molecule has 0 unspecified atom stereocenters. The van der Waals surface area contributed by atoms with Crippen LogP contribution in [0.2, 0.25) is 0 Å². The van der Waals surface area contributed by atoms with Crippen LogP contribution in [0.3, 0.4) is 0 Å². The fourth-order valence-corrected chi connectivity index (χ4v) is 1.94. The van der Waals surface area contributed by atoms with Gasteiger partial charge in [0.2, 0.25) is 0 Å². The van der Waals surface area contributed by atoms with Gasteiger partial charge in [0, 0.05) is 23.5 Å². The van der Waals surface area contributed by atoms with Gasteiger partial charge in [0.05, 0.1) is 6.61 Å². The molecule has 0 N–H and O–H groups in total. The zero-order chi connectivity index (χ0) is 11.7. The van der Waals surface area contributed by atoms with E-state index in [0.29, 0.717) is 6.61 Å². The van der Waals surface area contributed by atoms with Gasteiger partial charge < -0.3 is 9.47 Å². The van der Waals surface area contributed by atoms with Crippen molar-refractivity contribution < 1.29 is 9.47 Å². The maximum absolute atomic E-state index is 5.58. The molecule has 0 bridgehead atoms. The molecule has 17 heavy (non-hydrogen) atoms. The molecule has 0 radical (unpaired) electrons. The molecule has 0 saturated heterocycles. The van der Waals surface area contributed by atoms with Crippen LogP contribution in [0.1, 0.15) is 12.5 Å². The molecule has 1 aliphatic heterocycles. The molecule has 0 amide bonds. The quantitative estimate of drug-likeness (QED) is 0.750. The highest BCUT2D eigenvalue weighted by atomic mass is 16.7. The molecule has 1 aliphatic rings. The summed E-state index contributed by atoms with van der Waals surface area (Å²) in [7, 11) is 0. The highest BCUT2D eigenvalue weighted by Gasteiger charge is 2.16. The average Bonchev–Trinajstić information content (AvgIpc) is 2.39. The Balaban J connectivity index is 1.99. The SMILES string of the molecule is C[C@H]1OCc2cc(-c3cccnc3)ccc2O1. The smallest absolute Gasteiger partial charge is 0.197 e. The minimum absolute atomic E-state index is 0.160. The van der Waals surface area contributed by atoms with Crippen LogP contribution >= 0.6 is 0 Å². The number of aromatic nitrogens is 1. The first-order chi connectivity index (χ1) is 8.33. The molecular formula is C14H13NO2. The molecule has 1 atom stereocenters. The number of ether oxygens (including phenoxy) is 2. The van der Waals surface area contributed by atoms with E-state index in [1.807, 2.05) is 37.4 Å². The van der Waals surface area contributed by atoms with Crippen LogP contribution in [-0.2, 0) is 11.3 Å². The third-order valence-electron chi connectivity index (χ3n) is 2.82. The molecule has 0 saturated carbocycles. The van der Waals surface area contributed by atoms with E-state index in [1.165, 1.54) is 0 Å². The summed E-state index contributed by atoms with van der Waals surface area (Å²) < 4.78 is 11.0. The van der Waals surface area contributed by atoms with Crippen molar-refractivity contribution in [1.29, 1.82) is 0 Å². The standard InChI is InChI=1S/C14H13NO2/c1-10-16-9-13-7-11(4-5-14(13)17-10)12-3-2-6-15-8-12/h2-8,10H,9H2,1H3/t10-/m0/s1. The van der Waals surface area contributed by atoms with Crippen LogP contribution in [-0.4, -0.2) is 11.3 Å². The Morgan fingerprint density at radius 3 is 3.00 bits per heavy atom. The van der Waals surface area contributed by atoms with Gasteiger partial charge in [-0.1, -0.05) is 12.1 Å². The summed E-state index contributed by atoms with van der Waals surface area (Å²) in [6, 6.07) is 10.1. The Kier molecular flexibility index (Phi) is 2.53. The van der Waals surface area contributed by atoms with Gasteiger partial charge in [-0.3, -0.25) is 4.98 Å². The summed E-state index contributed by atoms with van der Waals surface area (Å²) in [6.07, 6.45) is 3.47. The van der Waals surface area contributed by atoms with Crippen LogP contribution < -0.4 is 4.74 Å². The molecule has 2 aromatic rings. The highest BCUT2D eigenvalue weighted by Crippen LogP contribution is 2.30. The van der Waals surface area contributed by atoms with Crippen molar-refractivity contribution in [2.75, 3.05) is 0 Å². The normalized spacial score (nSPS) is 18.3. The lowest BCUT2D eigenvalue weighted by Crippen LogP contribution is -2.21. The van der Waals surface area contributed by atoms with Crippen molar-refractivity contribution in [1.82, 2.24) is 4.98 Å². The molecular weight excluding hydrogens is 214 g/mol. The predicted octanol–water partition coefficient (Wildman–Crippen LogP) is 3.00. The summed E-state index contributed by atoms with van der Waals surface area (Å²) >= 11 is 0. The zero-order valence-corrected chi connectivity index (χ0v) is 9.59. The second kappa shape index (κ2) is 4.18. The molecule has 3 heteroatoms. The molecule has 3 nitrogen and oxygen atoms in total. The molecule has 86 valence electrons. The lowest BCUT2D eigenvalue weighted by molar-refractivity contribution is -0.0943. The van der Waals surface area contributed by atoms with Crippen LogP contribution in [0.15, 0.2) is 42.7 Å². The third kappa shape index (κ3) is 2.01. The van der Waals surface area contributed by atoms with Crippen molar-refractivity contribution in [2.24, 2.45) is 0 Å². The van der Waals surface area contributed by atoms with E-state index < -0.39 is 0 Å². The van der Waals surface area contributed by atoms with Crippen molar-refractivity contribution in [3.05, 3.63) is 48.3 Å². The summed E-state index contributed by atoms with van der Waals surface area (Å²) in [6.45, 7) is 2.50. The number of hydrogen-bond donors (Lipinski definition) is 0. The van der Waals surface area contributed by atoms with Gasteiger partial charge in [-0.25, -0.2) is 0 Å². The Morgan fingerprint density at radius 2 is 2.18 bits per heavy atom. The van der Waals surface area contributed by atoms with Crippen LogP contribution in [0, 0.1) is 0 Å². The fraction of sp³-hybridized carbons (Fsp3) is 0.214. The minimum Gasteiger partial charge on any atom is -0.465 e. The van der Waals surface area contributed by atoms with Gasteiger partial charge in [0.25, 0.3) is 0 Å². The number of hydrogen-bond acceptors (Lipinski definition) is 3. The summed E-state index contributed by atoms with van der Waals surface area (Å²) in [5.74, 6) is 0.913. The van der Waals surface area contributed by atoms with Gasteiger partial charge in [-0.05, 0) is 30.7 Å². The lowest BCUT2D eigenvalue weighted by Gasteiger charge is -2.24. The Bertz CT molecular complexity index is 525. The average molecular weight is 227 g/mol. The molecule has 1 aromatic carbocycles. The number of benzene rings is 1. The zero-order valence-electron chi connectivity index (χ0n) is 9.59. The Morgan fingerprint density at radius 1 is 1.24 bits per heavy atom. The molecule has 2 heterocycles. The fourth-order valence-electron chi connectivity index (χ4n) is 1.94. The van der Waals surface area contributed by atoms with Crippen LogP contribution in [0.5, 0.6) is 5.75 Å². The van der Waals surface area contributed by atoms with E-state index in [0.717, 1.165) is 22.4 Å². The lowest BCUT2D eigenvalue weighted by atomic mass is 10.0. The van der Waals surface area contributed by atoms with Crippen molar-refractivity contribution in [3.8, 4) is 16.9 Å². The maximum atomic E-state index is 5.58. The largest absolute Gasteiger partial charge is 0.465 e. The van der Waals surface area contributed by atoms with Gasteiger partial charge in [-0.2, -0.15) is 0 Å². The number of nitrogens with zero attached hydrogens (tertiary/aromatic N) is 1. The second-order valence-corrected chi connectivity index (χ2v) is 4.06. The van der Waals surface area contributed by atoms with Crippen LogP contribution in [0.4, 0.5) is 0 Å². The van der Waals surface area contributed by atoms with E-state index in [4.69, 9.17) is 9.47 Å². The second-order valence-electron chi connectivity index (χ2n) is 4.06. The maximum Gasteiger partial charge on any atom is 0.197 e. The molecule has 0 spiro atoms.